The molecule has 0 bridgehead atoms. The molecule has 2 aromatic rings. The van der Waals surface area contributed by atoms with Crippen LogP contribution in [0.1, 0.15) is 32.4 Å². The first kappa shape index (κ1) is 13.1. The van der Waals surface area contributed by atoms with Crippen molar-refractivity contribution < 1.29 is 9.90 Å². The van der Waals surface area contributed by atoms with Crippen LogP contribution in [0.5, 0.6) is 0 Å². The monoisotopic (exact) mass is 289 g/mol. The number of aryl methyl sites for hydroxylation is 1. The molecule has 0 spiro atoms. The number of benzene rings is 1. The number of nitrogens with zero attached hydrogens (tertiary/aromatic N) is 3. The Morgan fingerprint density at radius 3 is 3.00 bits per heavy atom. The van der Waals surface area contributed by atoms with E-state index >= 15 is 0 Å². The van der Waals surface area contributed by atoms with Crippen molar-refractivity contribution in [3.63, 3.8) is 0 Å². The average molecular weight is 289 g/mol. The highest BCUT2D eigenvalue weighted by Gasteiger charge is 2.22. The minimum absolute atomic E-state index is 0.417. The number of carboxylic acids is 1. The molecular weight excluding hydrogens is 274 g/mol. The van der Waals surface area contributed by atoms with Gasteiger partial charge in [-0.25, -0.2) is 4.79 Å². The van der Waals surface area contributed by atoms with E-state index in [1.54, 1.807) is 17.4 Å². The predicted molar refractivity (Wildman–Crippen MR) is 77.4 cm³/mol. The summed E-state index contributed by atoms with van der Waals surface area (Å²) in [4.78, 5) is 13.5. The van der Waals surface area contributed by atoms with E-state index in [0.717, 1.165) is 40.7 Å². The van der Waals surface area contributed by atoms with Gasteiger partial charge < -0.3 is 10.0 Å². The fourth-order valence-corrected chi connectivity index (χ4v) is 3.35. The minimum atomic E-state index is -0.851. The Balaban J connectivity index is 1.94. The molecule has 20 heavy (non-hydrogen) atoms. The number of aromatic carboxylic acids is 1. The zero-order chi connectivity index (χ0) is 14.1. The van der Waals surface area contributed by atoms with Gasteiger partial charge in [-0.15, -0.1) is 10.2 Å². The zero-order valence-electron chi connectivity index (χ0n) is 11.2. The lowest BCUT2D eigenvalue weighted by molar-refractivity contribution is 0.0695. The van der Waals surface area contributed by atoms with Crippen LogP contribution in [0.4, 0.5) is 5.69 Å². The van der Waals surface area contributed by atoms with Gasteiger partial charge in [0.05, 0.1) is 12.1 Å². The number of carboxylic acid groups (broad SMARTS) is 1. The van der Waals surface area contributed by atoms with Gasteiger partial charge in [0.1, 0.15) is 10.0 Å². The van der Waals surface area contributed by atoms with Crippen molar-refractivity contribution in [1.82, 2.24) is 10.2 Å². The summed E-state index contributed by atoms with van der Waals surface area (Å²) in [7, 11) is 0. The van der Waals surface area contributed by atoms with Crippen molar-refractivity contribution >= 4 is 23.0 Å². The second-order valence-electron chi connectivity index (χ2n) is 4.85. The van der Waals surface area contributed by atoms with Gasteiger partial charge in [0.2, 0.25) is 0 Å². The second kappa shape index (κ2) is 5.20. The zero-order valence-corrected chi connectivity index (χ0v) is 12.0. The van der Waals surface area contributed by atoms with Gasteiger partial charge in [0.15, 0.2) is 0 Å². The summed E-state index contributed by atoms with van der Waals surface area (Å²) in [5, 5.41) is 19.4. The van der Waals surface area contributed by atoms with Gasteiger partial charge in [-0.3, -0.25) is 0 Å². The number of hydrogen-bond donors (Lipinski definition) is 1. The van der Waals surface area contributed by atoms with Crippen LogP contribution in [0.15, 0.2) is 18.2 Å². The molecule has 1 aliphatic rings. The summed E-state index contributed by atoms with van der Waals surface area (Å²) in [5.74, 6) is -0.851. The third kappa shape index (κ3) is 2.38. The summed E-state index contributed by atoms with van der Waals surface area (Å²) in [6, 6.07) is 5.49. The summed E-state index contributed by atoms with van der Waals surface area (Å²) < 4.78 is 0. The Labute approximate surface area is 120 Å². The van der Waals surface area contributed by atoms with E-state index < -0.39 is 5.97 Å². The smallest absolute Gasteiger partial charge is 0.336 e. The lowest BCUT2D eigenvalue weighted by atomic mass is 9.96. The van der Waals surface area contributed by atoms with Crippen LogP contribution in [-0.2, 0) is 13.0 Å². The van der Waals surface area contributed by atoms with Gasteiger partial charge in [-0.1, -0.05) is 17.4 Å². The number of fused-ring (bicyclic) bond motifs is 1. The SMILES string of the molecule is Cc1nnc(CN2CCCc3c(C(=O)O)cccc32)s1. The standard InChI is InChI=1S/C14H15N3O2S/c1-9-15-16-13(20-9)8-17-7-3-5-10-11(14(18)19)4-2-6-12(10)17/h2,4,6H,3,5,7-8H2,1H3,(H,18,19). The van der Waals surface area contributed by atoms with E-state index in [2.05, 4.69) is 15.1 Å². The summed E-state index contributed by atoms with van der Waals surface area (Å²) in [5.41, 5.74) is 2.37. The summed E-state index contributed by atoms with van der Waals surface area (Å²) in [6.45, 7) is 3.56. The maximum Gasteiger partial charge on any atom is 0.336 e. The maximum atomic E-state index is 11.3. The molecule has 0 unspecified atom stereocenters. The fourth-order valence-electron chi connectivity index (χ4n) is 2.63. The summed E-state index contributed by atoms with van der Waals surface area (Å²) in [6.07, 6.45) is 1.79. The van der Waals surface area contributed by atoms with Gasteiger partial charge in [0.25, 0.3) is 0 Å². The van der Waals surface area contributed by atoms with E-state index in [4.69, 9.17) is 0 Å². The van der Waals surface area contributed by atoms with Crippen molar-refractivity contribution in [2.45, 2.75) is 26.3 Å². The largest absolute Gasteiger partial charge is 0.478 e. The number of hydrogen-bond acceptors (Lipinski definition) is 5. The molecule has 0 aliphatic carbocycles. The first-order valence-electron chi connectivity index (χ1n) is 6.54. The highest BCUT2D eigenvalue weighted by molar-refractivity contribution is 7.11. The molecule has 1 aromatic heterocycles. The number of anilines is 1. The van der Waals surface area contributed by atoms with Crippen molar-refractivity contribution in [1.29, 1.82) is 0 Å². The van der Waals surface area contributed by atoms with Gasteiger partial charge in [-0.2, -0.15) is 0 Å². The Kier molecular flexibility index (Phi) is 3.40. The molecule has 6 heteroatoms. The van der Waals surface area contributed by atoms with E-state index in [1.165, 1.54) is 0 Å². The molecule has 1 aliphatic heterocycles. The van der Waals surface area contributed by atoms with Crippen molar-refractivity contribution in [3.8, 4) is 0 Å². The maximum absolute atomic E-state index is 11.3. The Morgan fingerprint density at radius 1 is 1.45 bits per heavy atom. The van der Waals surface area contributed by atoms with Crippen molar-refractivity contribution in [3.05, 3.63) is 39.3 Å². The molecule has 5 nitrogen and oxygen atoms in total. The van der Waals surface area contributed by atoms with Crippen LogP contribution in [0.2, 0.25) is 0 Å². The van der Waals surface area contributed by atoms with Crippen molar-refractivity contribution in [2.24, 2.45) is 0 Å². The Bertz CT molecular complexity index is 654. The van der Waals surface area contributed by atoms with E-state index in [-0.39, 0.29) is 0 Å². The highest BCUT2D eigenvalue weighted by Crippen LogP contribution is 2.31. The number of rotatable bonds is 3. The fraction of sp³-hybridized carbons (Fsp3) is 0.357. The quantitative estimate of drug-likeness (QED) is 0.940. The lowest BCUT2D eigenvalue weighted by Crippen LogP contribution is -2.29. The van der Waals surface area contributed by atoms with Crippen LogP contribution >= 0.6 is 11.3 Å². The molecule has 2 heterocycles. The van der Waals surface area contributed by atoms with Crippen molar-refractivity contribution in [2.75, 3.05) is 11.4 Å². The Hall–Kier alpha value is -1.95. The lowest BCUT2D eigenvalue weighted by Gasteiger charge is -2.31. The normalized spacial score (nSPS) is 14.2. The summed E-state index contributed by atoms with van der Waals surface area (Å²) >= 11 is 1.59. The van der Waals surface area contributed by atoms with Gasteiger partial charge in [0, 0.05) is 12.2 Å². The van der Waals surface area contributed by atoms with Crippen LogP contribution in [0.3, 0.4) is 0 Å². The van der Waals surface area contributed by atoms with Crippen LogP contribution in [0.25, 0.3) is 0 Å². The predicted octanol–water partition coefficient (Wildman–Crippen LogP) is 2.50. The number of carbonyl (C=O) groups is 1. The molecule has 0 fully saturated rings. The highest BCUT2D eigenvalue weighted by atomic mass is 32.1. The second-order valence-corrected chi connectivity index (χ2v) is 6.11. The molecule has 104 valence electrons. The van der Waals surface area contributed by atoms with E-state index in [0.29, 0.717) is 12.1 Å². The van der Waals surface area contributed by atoms with E-state index in [9.17, 15) is 9.90 Å². The minimum Gasteiger partial charge on any atom is -0.478 e. The molecule has 1 aromatic carbocycles. The van der Waals surface area contributed by atoms with Gasteiger partial charge >= 0.3 is 5.97 Å². The van der Waals surface area contributed by atoms with Crippen LogP contribution in [0, 0.1) is 6.92 Å². The topological polar surface area (TPSA) is 66.3 Å². The molecular formula is C14H15N3O2S. The third-order valence-electron chi connectivity index (χ3n) is 3.47. The molecule has 0 saturated heterocycles. The van der Waals surface area contributed by atoms with E-state index in [1.807, 2.05) is 19.1 Å². The molecule has 0 atom stereocenters. The van der Waals surface area contributed by atoms with Crippen LogP contribution in [-0.4, -0.2) is 27.8 Å². The van der Waals surface area contributed by atoms with Gasteiger partial charge in [-0.05, 0) is 37.5 Å². The molecule has 1 N–H and O–H groups in total. The molecule has 3 rings (SSSR count). The first-order chi connectivity index (χ1) is 9.65. The van der Waals surface area contributed by atoms with Crippen LogP contribution < -0.4 is 4.90 Å². The molecule has 0 amide bonds. The number of aromatic nitrogens is 2. The average Bonchev–Trinajstić information content (AvgIpc) is 2.84. The molecule has 0 saturated carbocycles. The Morgan fingerprint density at radius 2 is 2.30 bits per heavy atom. The third-order valence-corrected chi connectivity index (χ3v) is 4.29. The molecule has 0 radical (unpaired) electrons. The first-order valence-corrected chi connectivity index (χ1v) is 7.36.